The maximum atomic E-state index is 6.11. The zero-order valence-electron chi connectivity index (χ0n) is 16.7. The monoisotopic (exact) mass is 443 g/mol. The fraction of sp³-hybridized carbons (Fsp3) is 0.0417. The van der Waals surface area contributed by atoms with E-state index in [-0.39, 0.29) is 0 Å². The highest BCUT2D eigenvalue weighted by atomic mass is 35.5. The summed E-state index contributed by atoms with van der Waals surface area (Å²) >= 11 is 7.66. The van der Waals surface area contributed by atoms with Gasteiger partial charge in [-0.05, 0) is 48.7 Å². The first kappa shape index (κ1) is 19.6. The largest absolute Gasteiger partial charge is 0.269 e. The molecule has 0 N–H and O–H groups in total. The Labute approximate surface area is 189 Å². The van der Waals surface area contributed by atoms with Crippen molar-refractivity contribution in [3.63, 3.8) is 0 Å². The number of benzene rings is 3. The molecule has 0 atom stereocenters. The molecule has 2 heterocycles. The molecule has 5 rings (SSSR count). The molecule has 152 valence electrons. The molecule has 0 amide bonds. The lowest BCUT2D eigenvalue weighted by atomic mass is 10.1. The molecule has 5 nitrogen and oxygen atoms in total. The highest BCUT2D eigenvalue weighted by Crippen LogP contribution is 2.31. The summed E-state index contributed by atoms with van der Waals surface area (Å²) in [7, 11) is 0. The van der Waals surface area contributed by atoms with Crippen LogP contribution in [-0.4, -0.2) is 30.8 Å². The maximum Gasteiger partial charge on any atom is 0.195 e. The zero-order valence-corrected chi connectivity index (χ0v) is 18.3. The third-order valence-electron chi connectivity index (χ3n) is 4.91. The van der Waals surface area contributed by atoms with Crippen LogP contribution in [-0.2, 0) is 0 Å². The van der Waals surface area contributed by atoms with E-state index in [9.17, 15) is 0 Å². The highest BCUT2D eigenvalue weighted by Gasteiger charge is 2.20. The normalized spacial score (nSPS) is 11.0. The van der Waals surface area contributed by atoms with Gasteiger partial charge in [0.2, 0.25) is 0 Å². The minimum Gasteiger partial charge on any atom is -0.269 e. The Bertz CT molecular complexity index is 1310. The standard InChI is InChI=1S/C24H18ClN5S/c1-31-24-27-26-23(29(24)19-10-6-3-7-11-19)21-16-22(17-8-4-2-5-9-17)30(28-21)20-14-12-18(25)13-15-20/h2-16H,1H3. The average molecular weight is 444 g/mol. The molecule has 5 aromatic rings. The first-order chi connectivity index (χ1) is 15.2. The van der Waals surface area contributed by atoms with Crippen LogP contribution in [0.5, 0.6) is 0 Å². The van der Waals surface area contributed by atoms with Crippen molar-refractivity contribution in [3.05, 3.63) is 96.0 Å². The van der Waals surface area contributed by atoms with Crippen molar-refractivity contribution in [3.8, 4) is 34.2 Å². The number of nitrogens with zero attached hydrogens (tertiary/aromatic N) is 5. The van der Waals surface area contributed by atoms with E-state index < -0.39 is 0 Å². The SMILES string of the molecule is CSc1nnc(-c2cc(-c3ccccc3)n(-c3ccc(Cl)cc3)n2)n1-c1ccccc1. The molecule has 3 aromatic carbocycles. The summed E-state index contributed by atoms with van der Waals surface area (Å²) in [6.07, 6.45) is 1.99. The van der Waals surface area contributed by atoms with Gasteiger partial charge in [-0.2, -0.15) is 5.10 Å². The molecule has 0 saturated heterocycles. The molecule has 0 aliphatic carbocycles. The third-order valence-corrected chi connectivity index (χ3v) is 5.79. The minimum absolute atomic E-state index is 0.686. The third kappa shape index (κ3) is 3.76. The average Bonchev–Trinajstić information content (AvgIpc) is 3.45. The summed E-state index contributed by atoms with van der Waals surface area (Å²) in [6, 6.07) is 30.0. The molecule has 0 spiro atoms. The Morgan fingerprint density at radius 1 is 0.774 bits per heavy atom. The van der Waals surface area contributed by atoms with Gasteiger partial charge < -0.3 is 0 Å². The quantitative estimate of drug-likeness (QED) is 0.305. The van der Waals surface area contributed by atoms with Crippen molar-refractivity contribution in [2.75, 3.05) is 6.26 Å². The summed E-state index contributed by atoms with van der Waals surface area (Å²) < 4.78 is 3.96. The number of para-hydroxylation sites is 1. The smallest absolute Gasteiger partial charge is 0.195 e. The van der Waals surface area contributed by atoms with E-state index >= 15 is 0 Å². The van der Waals surface area contributed by atoms with Gasteiger partial charge in [0, 0.05) is 16.3 Å². The molecule has 0 aliphatic heterocycles. The number of thioether (sulfide) groups is 1. The molecule has 0 saturated carbocycles. The van der Waals surface area contributed by atoms with Crippen molar-refractivity contribution >= 4 is 23.4 Å². The van der Waals surface area contributed by atoms with Crippen molar-refractivity contribution in [1.29, 1.82) is 0 Å². The first-order valence-corrected chi connectivity index (χ1v) is 11.3. The van der Waals surface area contributed by atoms with Crippen LogP contribution in [0.2, 0.25) is 5.02 Å². The molecule has 2 aromatic heterocycles. The second-order valence-electron chi connectivity index (χ2n) is 6.85. The number of hydrogen-bond donors (Lipinski definition) is 0. The van der Waals surface area contributed by atoms with Gasteiger partial charge in [0.15, 0.2) is 11.0 Å². The molecule has 7 heteroatoms. The minimum atomic E-state index is 0.686. The number of aromatic nitrogens is 5. The number of hydrogen-bond acceptors (Lipinski definition) is 4. The van der Waals surface area contributed by atoms with Crippen molar-refractivity contribution in [1.82, 2.24) is 24.5 Å². The Hall–Kier alpha value is -3.35. The van der Waals surface area contributed by atoms with Crippen LogP contribution in [0.25, 0.3) is 34.2 Å². The lowest BCUT2D eigenvalue weighted by molar-refractivity contribution is 0.871. The Kier molecular flexibility index (Phi) is 5.32. The summed E-state index contributed by atoms with van der Waals surface area (Å²) in [5.74, 6) is 0.695. The molecule has 0 fully saturated rings. The van der Waals surface area contributed by atoms with Gasteiger partial charge in [0.05, 0.1) is 11.4 Å². The van der Waals surface area contributed by atoms with E-state index in [2.05, 4.69) is 28.4 Å². The summed E-state index contributed by atoms with van der Waals surface area (Å²) in [5, 5.41) is 15.3. The van der Waals surface area contributed by atoms with E-state index in [4.69, 9.17) is 16.7 Å². The zero-order chi connectivity index (χ0) is 21.2. The second-order valence-corrected chi connectivity index (χ2v) is 8.06. The second kappa shape index (κ2) is 8.41. The lowest BCUT2D eigenvalue weighted by Crippen LogP contribution is -2.01. The highest BCUT2D eigenvalue weighted by molar-refractivity contribution is 7.98. The Morgan fingerprint density at radius 3 is 2.13 bits per heavy atom. The Balaban J connectivity index is 1.72. The molecule has 0 aliphatic rings. The van der Waals surface area contributed by atoms with Crippen LogP contribution in [0.1, 0.15) is 0 Å². The molecular weight excluding hydrogens is 426 g/mol. The summed E-state index contributed by atoms with van der Waals surface area (Å²) in [5.41, 5.74) is 4.68. The van der Waals surface area contributed by atoms with Gasteiger partial charge in [-0.15, -0.1) is 10.2 Å². The lowest BCUT2D eigenvalue weighted by Gasteiger charge is -2.08. The maximum absolute atomic E-state index is 6.11. The predicted molar refractivity (Wildman–Crippen MR) is 126 cm³/mol. The van der Waals surface area contributed by atoms with E-state index in [1.54, 1.807) is 11.8 Å². The molecule has 0 unspecified atom stereocenters. The Morgan fingerprint density at radius 2 is 1.45 bits per heavy atom. The first-order valence-electron chi connectivity index (χ1n) is 9.71. The van der Waals surface area contributed by atoms with Gasteiger partial charge in [-0.1, -0.05) is 71.9 Å². The van der Waals surface area contributed by atoms with Crippen LogP contribution in [0.3, 0.4) is 0 Å². The van der Waals surface area contributed by atoms with Crippen molar-refractivity contribution < 1.29 is 0 Å². The van der Waals surface area contributed by atoms with Crippen molar-refractivity contribution in [2.45, 2.75) is 5.16 Å². The van der Waals surface area contributed by atoms with Crippen LogP contribution in [0.15, 0.2) is 96.2 Å². The van der Waals surface area contributed by atoms with E-state index in [1.807, 2.05) is 88.3 Å². The molecular formula is C24H18ClN5S. The predicted octanol–water partition coefficient (Wildman–Crippen LogP) is 6.16. The van der Waals surface area contributed by atoms with Crippen molar-refractivity contribution in [2.24, 2.45) is 0 Å². The van der Waals surface area contributed by atoms with E-state index in [0.717, 1.165) is 33.5 Å². The summed E-state index contributed by atoms with van der Waals surface area (Å²) in [4.78, 5) is 0. The molecule has 31 heavy (non-hydrogen) atoms. The van der Waals surface area contributed by atoms with Crippen LogP contribution >= 0.6 is 23.4 Å². The fourth-order valence-corrected chi connectivity index (χ4v) is 4.08. The summed E-state index contributed by atoms with van der Waals surface area (Å²) in [6.45, 7) is 0. The van der Waals surface area contributed by atoms with Crippen LogP contribution in [0.4, 0.5) is 0 Å². The van der Waals surface area contributed by atoms with Gasteiger partial charge in [-0.25, -0.2) is 4.68 Å². The molecule has 0 bridgehead atoms. The van der Waals surface area contributed by atoms with E-state index in [0.29, 0.717) is 10.8 Å². The van der Waals surface area contributed by atoms with Gasteiger partial charge in [-0.3, -0.25) is 4.57 Å². The molecule has 0 radical (unpaired) electrons. The number of halogens is 1. The van der Waals surface area contributed by atoms with E-state index in [1.165, 1.54) is 0 Å². The topological polar surface area (TPSA) is 48.5 Å². The van der Waals surface area contributed by atoms with Crippen LogP contribution < -0.4 is 0 Å². The number of rotatable bonds is 5. The van der Waals surface area contributed by atoms with Gasteiger partial charge >= 0.3 is 0 Å². The fourth-order valence-electron chi connectivity index (χ4n) is 3.46. The van der Waals surface area contributed by atoms with Gasteiger partial charge in [0.25, 0.3) is 0 Å². The van der Waals surface area contributed by atoms with Gasteiger partial charge in [0.1, 0.15) is 5.69 Å². The van der Waals surface area contributed by atoms with Crippen LogP contribution in [0, 0.1) is 0 Å².